The number of fused-ring (bicyclic) bond motifs is 1. The molecule has 1 aromatic heterocycles. The summed E-state index contributed by atoms with van der Waals surface area (Å²) in [6, 6.07) is 7.87. The zero-order valence-electron chi connectivity index (χ0n) is 12.2. The second kappa shape index (κ2) is 5.53. The molecule has 0 spiro atoms. The molecule has 110 valence electrons. The van der Waals surface area contributed by atoms with Crippen molar-refractivity contribution in [2.75, 3.05) is 5.32 Å². The average molecular weight is 304 g/mol. The van der Waals surface area contributed by atoms with Crippen molar-refractivity contribution >= 4 is 23.1 Å². The normalized spacial score (nSPS) is 16.6. The van der Waals surface area contributed by atoms with Gasteiger partial charge in [-0.05, 0) is 18.1 Å². The molecule has 0 aliphatic carbocycles. The zero-order valence-corrected chi connectivity index (χ0v) is 12.9. The van der Waals surface area contributed by atoms with Gasteiger partial charge in [-0.25, -0.2) is 0 Å². The molecule has 1 atom stereocenters. The summed E-state index contributed by atoms with van der Waals surface area (Å²) >= 11 is 6.31. The van der Waals surface area contributed by atoms with Crippen molar-refractivity contribution in [2.24, 2.45) is 7.05 Å². The number of carbonyl (C=O) groups excluding carboxylic acids is 1. The summed E-state index contributed by atoms with van der Waals surface area (Å²) in [5.41, 5.74) is 3.91. The van der Waals surface area contributed by atoms with Gasteiger partial charge in [-0.3, -0.25) is 9.48 Å². The summed E-state index contributed by atoms with van der Waals surface area (Å²) in [7, 11) is 1.84. The van der Waals surface area contributed by atoms with Crippen LogP contribution in [0.1, 0.15) is 23.9 Å². The first-order valence-corrected chi connectivity index (χ1v) is 7.55. The fraction of sp³-hybridized carbons (Fsp3) is 0.375. The van der Waals surface area contributed by atoms with Gasteiger partial charge in [0.15, 0.2) is 5.78 Å². The molecule has 4 nitrogen and oxygen atoms in total. The summed E-state index contributed by atoms with van der Waals surface area (Å²) in [5, 5.41) is 8.28. The van der Waals surface area contributed by atoms with E-state index in [1.807, 2.05) is 32.2 Å². The van der Waals surface area contributed by atoms with Gasteiger partial charge < -0.3 is 5.32 Å². The van der Waals surface area contributed by atoms with E-state index in [-0.39, 0.29) is 11.8 Å². The first-order valence-electron chi connectivity index (χ1n) is 7.17. The van der Waals surface area contributed by atoms with E-state index >= 15 is 0 Å². The summed E-state index contributed by atoms with van der Waals surface area (Å²) in [6.45, 7) is 2.01. The van der Waals surface area contributed by atoms with E-state index in [4.69, 9.17) is 11.6 Å². The Morgan fingerprint density at radius 3 is 2.90 bits per heavy atom. The SMILES string of the molecule is CCc1nn(C)c(CC(=O)C2Cc3ccccc3N2)c1Cl. The fourth-order valence-corrected chi connectivity index (χ4v) is 3.15. The molecule has 1 unspecified atom stereocenters. The van der Waals surface area contributed by atoms with E-state index in [0.29, 0.717) is 11.4 Å². The number of benzene rings is 1. The molecule has 0 saturated heterocycles. The molecule has 0 saturated carbocycles. The highest BCUT2D eigenvalue weighted by Crippen LogP contribution is 2.27. The molecule has 0 amide bonds. The number of halogens is 1. The van der Waals surface area contributed by atoms with E-state index in [2.05, 4.69) is 16.5 Å². The first-order chi connectivity index (χ1) is 10.1. The number of carbonyl (C=O) groups is 1. The Balaban J connectivity index is 1.75. The average Bonchev–Trinajstić information content (AvgIpc) is 3.03. The zero-order chi connectivity index (χ0) is 15.0. The predicted molar refractivity (Wildman–Crippen MR) is 83.9 cm³/mol. The van der Waals surface area contributed by atoms with Gasteiger partial charge in [-0.2, -0.15) is 5.10 Å². The highest BCUT2D eigenvalue weighted by molar-refractivity contribution is 6.32. The lowest BCUT2D eigenvalue weighted by Gasteiger charge is -2.10. The maximum absolute atomic E-state index is 12.5. The molecule has 5 heteroatoms. The van der Waals surface area contributed by atoms with Gasteiger partial charge in [0.1, 0.15) is 0 Å². The molecule has 1 aliphatic rings. The van der Waals surface area contributed by atoms with Gasteiger partial charge >= 0.3 is 0 Å². The number of anilines is 1. The molecule has 1 aromatic carbocycles. The van der Waals surface area contributed by atoms with Gasteiger partial charge in [-0.1, -0.05) is 36.7 Å². The van der Waals surface area contributed by atoms with Crippen molar-refractivity contribution in [3.63, 3.8) is 0 Å². The van der Waals surface area contributed by atoms with Crippen LogP contribution in [0.3, 0.4) is 0 Å². The van der Waals surface area contributed by atoms with E-state index in [1.165, 1.54) is 5.56 Å². The number of aromatic nitrogens is 2. The smallest absolute Gasteiger partial charge is 0.161 e. The number of hydrogen-bond donors (Lipinski definition) is 1. The second-order valence-corrected chi connectivity index (χ2v) is 5.76. The van der Waals surface area contributed by atoms with Crippen LogP contribution in [-0.4, -0.2) is 21.6 Å². The molecule has 21 heavy (non-hydrogen) atoms. The number of para-hydroxylation sites is 1. The van der Waals surface area contributed by atoms with Crippen molar-refractivity contribution in [3.8, 4) is 0 Å². The molecule has 0 fully saturated rings. The van der Waals surface area contributed by atoms with Crippen LogP contribution in [-0.2, 0) is 31.1 Å². The Morgan fingerprint density at radius 1 is 1.48 bits per heavy atom. The standard InChI is InChI=1S/C16H18ClN3O/c1-3-11-16(17)14(20(2)19-11)9-15(21)13-8-10-6-4-5-7-12(10)18-13/h4-7,13,18H,3,8-9H2,1-2H3. The third-order valence-electron chi connectivity index (χ3n) is 4.00. The largest absolute Gasteiger partial charge is 0.375 e. The van der Waals surface area contributed by atoms with Crippen molar-refractivity contribution in [1.82, 2.24) is 9.78 Å². The number of rotatable bonds is 4. The molecular weight excluding hydrogens is 286 g/mol. The maximum Gasteiger partial charge on any atom is 0.161 e. The minimum absolute atomic E-state index is 0.152. The summed E-state index contributed by atoms with van der Waals surface area (Å²) in [4.78, 5) is 12.5. The van der Waals surface area contributed by atoms with Crippen LogP contribution in [0.25, 0.3) is 0 Å². The monoisotopic (exact) mass is 303 g/mol. The van der Waals surface area contributed by atoms with Gasteiger partial charge in [0.05, 0.1) is 28.9 Å². The fourth-order valence-electron chi connectivity index (χ4n) is 2.79. The molecule has 1 aliphatic heterocycles. The van der Waals surface area contributed by atoms with Crippen molar-refractivity contribution in [1.29, 1.82) is 0 Å². The molecule has 2 aromatic rings. The molecule has 3 rings (SSSR count). The number of Topliss-reactive ketones (excluding diaryl/α,β-unsaturated/α-hetero) is 1. The number of aryl methyl sites for hydroxylation is 2. The van der Waals surface area contributed by atoms with E-state index in [1.54, 1.807) is 4.68 Å². The highest BCUT2D eigenvalue weighted by Gasteiger charge is 2.27. The van der Waals surface area contributed by atoms with Crippen LogP contribution in [0, 0.1) is 0 Å². The number of nitrogens with one attached hydrogen (secondary N) is 1. The molecule has 1 N–H and O–H groups in total. The van der Waals surface area contributed by atoms with Crippen molar-refractivity contribution < 1.29 is 4.79 Å². The molecular formula is C16H18ClN3O. The van der Waals surface area contributed by atoms with Gasteiger partial charge in [0.25, 0.3) is 0 Å². The predicted octanol–water partition coefficient (Wildman–Crippen LogP) is 2.78. The Labute approximate surface area is 129 Å². The van der Waals surface area contributed by atoms with Gasteiger partial charge in [0.2, 0.25) is 0 Å². The first kappa shape index (κ1) is 14.1. The van der Waals surface area contributed by atoms with E-state index < -0.39 is 0 Å². The topological polar surface area (TPSA) is 46.9 Å². The third-order valence-corrected chi connectivity index (χ3v) is 4.44. The lowest BCUT2D eigenvalue weighted by atomic mass is 10.0. The maximum atomic E-state index is 12.5. The minimum Gasteiger partial charge on any atom is -0.375 e. The van der Waals surface area contributed by atoms with Crippen LogP contribution in [0.2, 0.25) is 5.02 Å². The van der Waals surface area contributed by atoms with Crippen LogP contribution in [0.15, 0.2) is 24.3 Å². The minimum atomic E-state index is -0.168. The Bertz CT molecular complexity index is 668. The third kappa shape index (κ3) is 2.56. The lowest BCUT2D eigenvalue weighted by Crippen LogP contribution is -2.29. The quantitative estimate of drug-likeness (QED) is 0.945. The van der Waals surface area contributed by atoms with Gasteiger partial charge in [0, 0.05) is 19.2 Å². The van der Waals surface area contributed by atoms with Gasteiger partial charge in [-0.15, -0.1) is 0 Å². The Hall–Kier alpha value is -1.81. The van der Waals surface area contributed by atoms with Crippen LogP contribution in [0.4, 0.5) is 5.69 Å². The second-order valence-electron chi connectivity index (χ2n) is 5.39. The van der Waals surface area contributed by atoms with Crippen LogP contribution >= 0.6 is 11.6 Å². The molecule has 2 heterocycles. The highest BCUT2D eigenvalue weighted by atomic mass is 35.5. The Morgan fingerprint density at radius 2 is 2.24 bits per heavy atom. The number of ketones is 1. The van der Waals surface area contributed by atoms with Crippen molar-refractivity contribution in [2.45, 2.75) is 32.2 Å². The summed E-state index contributed by atoms with van der Waals surface area (Å²) in [6.07, 6.45) is 1.83. The number of nitrogens with zero attached hydrogens (tertiary/aromatic N) is 2. The number of hydrogen-bond acceptors (Lipinski definition) is 3. The van der Waals surface area contributed by atoms with E-state index in [0.717, 1.165) is 29.9 Å². The molecule has 0 bridgehead atoms. The van der Waals surface area contributed by atoms with Crippen molar-refractivity contribution in [3.05, 3.63) is 46.2 Å². The van der Waals surface area contributed by atoms with Crippen LogP contribution < -0.4 is 5.32 Å². The lowest BCUT2D eigenvalue weighted by molar-refractivity contribution is -0.119. The van der Waals surface area contributed by atoms with Crippen LogP contribution in [0.5, 0.6) is 0 Å². The molecule has 0 radical (unpaired) electrons. The van der Waals surface area contributed by atoms with E-state index in [9.17, 15) is 4.79 Å². The summed E-state index contributed by atoms with van der Waals surface area (Å²) in [5.74, 6) is 0.152. The summed E-state index contributed by atoms with van der Waals surface area (Å²) < 4.78 is 1.72. The Kier molecular flexibility index (Phi) is 3.72.